The number of imidazole rings is 1. The number of nitrogens with zero attached hydrogens (tertiary/aromatic N) is 1. The van der Waals surface area contributed by atoms with Crippen molar-refractivity contribution in [2.24, 2.45) is 0 Å². The third kappa shape index (κ3) is 0.991. The molecule has 2 rings (SSSR count). The van der Waals surface area contributed by atoms with E-state index in [-0.39, 0.29) is 0 Å². The van der Waals surface area contributed by atoms with Crippen molar-refractivity contribution in [1.29, 1.82) is 0 Å². The molecule has 0 amide bonds. The van der Waals surface area contributed by atoms with Crippen molar-refractivity contribution in [2.45, 2.75) is 0 Å². The van der Waals surface area contributed by atoms with Gasteiger partial charge >= 0.3 is 0 Å². The first-order valence-electron chi connectivity index (χ1n) is 3.17. The average Bonchev–Trinajstić information content (AvgIpc) is 2.31. The lowest BCUT2D eigenvalue weighted by Gasteiger charge is -1.88. The first-order chi connectivity index (χ1) is 5.27. The molecule has 0 aliphatic carbocycles. The van der Waals surface area contributed by atoms with Crippen LogP contribution in [0.1, 0.15) is 0 Å². The van der Waals surface area contributed by atoms with Crippen molar-refractivity contribution in [3.05, 3.63) is 22.7 Å². The van der Waals surface area contributed by atoms with Crippen LogP contribution in [0.5, 0.6) is 0 Å². The fraction of sp³-hybridized carbons (Fsp3) is 0. The van der Waals surface area contributed by atoms with E-state index in [2.05, 4.69) is 25.9 Å². The number of H-pyrrole nitrogens is 1. The minimum Gasteiger partial charge on any atom is -0.369 e. The summed E-state index contributed by atoms with van der Waals surface area (Å²) < 4.78 is 0.985. The van der Waals surface area contributed by atoms with E-state index in [0.29, 0.717) is 5.95 Å². The van der Waals surface area contributed by atoms with Crippen LogP contribution in [0.2, 0.25) is 0 Å². The minimum absolute atomic E-state index is 0.451. The van der Waals surface area contributed by atoms with Crippen molar-refractivity contribution in [1.82, 2.24) is 9.97 Å². The summed E-state index contributed by atoms with van der Waals surface area (Å²) in [5.41, 5.74) is 7.31. The molecule has 56 valence electrons. The number of fused-ring (bicyclic) bond motifs is 1. The largest absolute Gasteiger partial charge is 0.369 e. The Balaban J connectivity index is 2.90. The number of anilines is 1. The number of halogens is 1. The number of hydrogen-bond donors (Lipinski definition) is 2. The number of nitrogens with two attached hydrogens (primary N) is 1. The van der Waals surface area contributed by atoms with Crippen molar-refractivity contribution < 1.29 is 0 Å². The summed E-state index contributed by atoms with van der Waals surface area (Å²) in [6.07, 6.45) is 0. The molecule has 4 heteroatoms. The quantitative estimate of drug-likeness (QED) is 0.700. The normalized spacial score (nSPS) is 10.6. The Kier molecular flexibility index (Phi) is 1.35. The number of aromatic amines is 1. The van der Waals surface area contributed by atoms with Crippen LogP contribution in [-0.2, 0) is 0 Å². The molecule has 1 heterocycles. The highest BCUT2D eigenvalue weighted by molar-refractivity contribution is 9.10. The maximum atomic E-state index is 5.47. The Morgan fingerprint density at radius 2 is 2.27 bits per heavy atom. The van der Waals surface area contributed by atoms with E-state index in [1.807, 2.05) is 18.2 Å². The highest BCUT2D eigenvalue weighted by atomic mass is 79.9. The molecule has 2 aromatic rings. The summed E-state index contributed by atoms with van der Waals surface area (Å²) >= 11 is 3.38. The van der Waals surface area contributed by atoms with Gasteiger partial charge < -0.3 is 10.7 Å². The predicted octanol–water partition coefficient (Wildman–Crippen LogP) is 1.91. The van der Waals surface area contributed by atoms with Gasteiger partial charge in [-0.05, 0) is 28.1 Å². The Morgan fingerprint density at radius 1 is 1.45 bits per heavy atom. The minimum atomic E-state index is 0.451. The lowest BCUT2D eigenvalue weighted by Crippen LogP contribution is -1.84. The summed E-state index contributed by atoms with van der Waals surface area (Å²) in [7, 11) is 0. The van der Waals surface area contributed by atoms with Gasteiger partial charge in [-0.25, -0.2) is 4.98 Å². The summed E-state index contributed by atoms with van der Waals surface area (Å²) in [5, 5.41) is 0. The van der Waals surface area contributed by atoms with Crippen LogP contribution >= 0.6 is 15.9 Å². The van der Waals surface area contributed by atoms with Gasteiger partial charge in [0.1, 0.15) is 0 Å². The van der Waals surface area contributed by atoms with Crippen molar-refractivity contribution in [2.75, 3.05) is 5.73 Å². The van der Waals surface area contributed by atoms with Gasteiger partial charge in [0.15, 0.2) is 5.95 Å². The molecule has 0 fully saturated rings. The zero-order valence-corrected chi connectivity index (χ0v) is 7.22. The topological polar surface area (TPSA) is 54.7 Å². The van der Waals surface area contributed by atoms with Gasteiger partial charge in [-0.1, -0.05) is 6.07 Å². The molecular weight excluding hydrogens is 206 g/mol. The van der Waals surface area contributed by atoms with Crippen LogP contribution in [0.3, 0.4) is 0 Å². The predicted molar refractivity (Wildman–Crippen MR) is 48.2 cm³/mol. The molecule has 1 aromatic heterocycles. The van der Waals surface area contributed by atoms with Crippen LogP contribution in [0.4, 0.5) is 5.95 Å². The zero-order valence-electron chi connectivity index (χ0n) is 5.63. The first kappa shape index (κ1) is 6.67. The number of rotatable bonds is 0. The van der Waals surface area contributed by atoms with Crippen LogP contribution < -0.4 is 5.73 Å². The third-order valence-electron chi connectivity index (χ3n) is 1.49. The van der Waals surface area contributed by atoms with E-state index >= 15 is 0 Å². The summed E-state index contributed by atoms with van der Waals surface area (Å²) in [4.78, 5) is 7.01. The molecular formula is C7H6BrN3. The van der Waals surface area contributed by atoms with Gasteiger partial charge in [0.05, 0.1) is 11.0 Å². The maximum absolute atomic E-state index is 5.47. The summed E-state index contributed by atoms with van der Waals surface area (Å²) in [6.45, 7) is 0. The van der Waals surface area contributed by atoms with Crippen LogP contribution in [0.25, 0.3) is 11.0 Å². The van der Waals surface area contributed by atoms with E-state index in [1.165, 1.54) is 0 Å². The van der Waals surface area contributed by atoms with E-state index in [9.17, 15) is 0 Å². The number of hydrogen-bond acceptors (Lipinski definition) is 2. The molecule has 3 nitrogen and oxygen atoms in total. The van der Waals surface area contributed by atoms with Gasteiger partial charge in [0, 0.05) is 4.47 Å². The molecule has 0 saturated carbocycles. The summed E-state index contributed by atoms with van der Waals surface area (Å²) in [6, 6.07) is 5.78. The van der Waals surface area contributed by atoms with E-state index in [4.69, 9.17) is 5.73 Å². The lowest BCUT2D eigenvalue weighted by molar-refractivity contribution is 1.35. The van der Waals surface area contributed by atoms with Crippen molar-refractivity contribution >= 4 is 32.9 Å². The van der Waals surface area contributed by atoms with Gasteiger partial charge in [0.2, 0.25) is 0 Å². The molecule has 0 spiro atoms. The lowest BCUT2D eigenvalue weighted by atomic mass is 10.3. The maximum Gasteiger partial charge on any atom is 0.198 e. The zero-order chi connectivity index (χ0) is 7.84. The second-order valence-corrected chi connectivity index (χ2v) is 3.11. The van der Waals surface area contributed by atoms with E-state index < -0.39 is 0 Å². The molecule has 0 aliphatic rings. The van der Waals surface area contributed by atoms with Gasteiger partial charge in [-0.2, -0.15) is 0 Å². The first-order valence-corrected chi connectivity index (χ1v) is 3.96. The molecule has 0 bridgehead atoms. The molecule has 0 saturated heterocycles. The standard InChI is InChI=1S/C7H6BrN3/c8-4-2-1-3-5-6(4)11-7(9)10-5/h1-3H,(H3,9,10,11). The third-order valence-corrected chi connectivity index (χ3v) is 2.15. The van der Waals surface area contributed by atoms with Gasteiger partial charge in [-0.3, -0.25) is 0 Å². The van der Waals surface area contributed by atoms with Gasteiger partial charge in [0.25, 0.3) is 0 Å². The highest BCUT2D eigenvalue weighted by Gasteiger charge is 2.00. The SMILES string of the molecule is Nc1nc2cccc(Br)c2[nH]1. The Bertz CT molecular complexity index is 393. The van der Waals surface area contributed by atoms with Crippen LogP contribution in [-0.4, -0.2) is 9.97 Å². The molecule has 3 N–H and O–H groups in total. The average molecular weight is 212 g/mol. The second kappa shape index (κ2) is 2.23. The second-order valence-electron chi connectivity index (χ2n) is 2.26. The molecule has 0 radical (unpaired) electrons. The fourth-order valence-electron chi connectivity index (χ4n) is 1.02. The smallest absolute Gasteiger partial charge is 0.198 e. The molecule has 0 atom stereocenters. The number of nitrogens with one attached hydrogen (secondary N) is 1. The highest BCUT2D eigenvalue weighted by Crippen LogP contribution is 2.21. The Hall–Kier alpha value is -1.03. The number of aromatic nitrogens is 2. The fourth-order valence-corrected chi connectivity index (χ4v) is 1.47. The van der Waals surface area contributed by atoms with Crippen LogP contribution in [0.15, 0.2) is 22.7 Å². The van der Waals surface area contributed by atoms with E-state index in [0.717, 1.165) is 15.5 Å². The summed E-state index contributed by atoms with van der Waals surface area (Å²) in [5.74, 6) is 0.451. The van der Waals surface area contributed by atoms with Crippen LogP contribution in [0, 0.1) is 0 Å². The molecule has 0 aliphatic heterocycles. The van der Waals surface area contributed by atoms with Crippen molar-refractivity contribution in [3.63, 3.8) is 0 Å². The number of nitrogen functional groups attached to an aromatic ring is 1. The van der Waals surface area contributed by atoms with Gasteiger partial charge in [-0.15, -0.1) is 0 Å². The molecule has 0 unspecified atom stereocenters. The monoisotopic (exact) mass is 211 g/mol. The van der Waals surface area contributed by atoms with E-state index in [1.54, 1.807) is 0 Å². The Morgan fingerprint density at radius 3 is 3.00 bits per heavy atom. The molecule has 11 heavy (non-hydrogen) atoms. The number of para-hydroxylation sites is 1. The van der Waals surface area contributed by atoms with Crippen molar-refractivity contribution in [3.8, 4) is 0 Å². The Labute approximate surface area is 71.7 Å². The molecule has 1 aromatic carbocycles. The number of benzene rings is 1.